The van der Waals surface area contributed by atoms with Crippen LogP contribution in [0, 0.1) is 0 Å². The van der Waals surface area contributed by atoms with E-state index < -0.39 is 21.7 Å². The molecule has 0 atom stereocenters. The van der Waals surface area contributed by atoms with Crippen LogP contribution in [0.2, 0.25) is 0 Å². The molecule has 6 nitrogen and oxygen atoms in total. The molecule has 0 radical (unpaired) electrons. The van der Waals surface area contributed by atoms with Crippen molar-refractivity contribution in [2.24, 2.45) is 0 Å². The third-order valence-electron chi connectivity index (χ3n) is 1.63. The van der Waals surface area contributed by atoms with Crippen molar-refractivity contribution in [3.63, 3.8) is 0 Å². The second kappa shape index (κ2) is 4.37. The van der Waals surface area contributed by atoms with E-state index in [1.165, 1.54) is 0 Å². The standard InChI is InChI=1S/C8H9NO5S/c10-6-1-2-8(11)7(5-6)9-3-4-15(12,13)14/h1-2,5,9H,3-4H2,(H,12,13,14). The van der Waals surface area contributed by atoms with Crippen LogP contribution in [0.5, 0.6) is 0 Å². The van der Waals surface area contributed by atoms with Gasteiger partial charge in [-0.3, -0.25) is 14.1 Å². The van der Waals surface area contributed by atoms with Gasteiger partial charge in [-0.05, 0) is 12.2 Å². The van der Waals surface area contributed by atoms with Crippen molar-refractivity contribution in [2.45, 2.75) is 0 Å². The van der Waals surface area contributed by atoms with Gasteiger partial charge in [0.2, 0.25) is 5.78 Å². The lowest BCUT2D eigenvalue weighted by Gasteiger charge is -2.08. The van der Waals surface area contributed by atoms with Gasteiger partial charge in [0.15, 0.2) is 5.78 Å². The number of carbonyl (C=O) groups excluding carboxylic acids is 2. The smallest absolute Gasteiger partial charge is 0.266 e. The maximum atomic E-state index is 11.1. The lowest BCUT2D eigenvalue weighted by Crippen LogP contribution is -2.27. The maximum Gasteiger partial charge on any atom is 0.266 e. The molecular formula is C8H9NO5S. The van der Waals surface area contributed by atoms with Gasteiger partial charge in [-0.25, -0.2) is 0 Å². The lowest BCUT2D eigenvalue weighted by molar-refractivity contribution is -0.114. The molecule has 82 valence electrons. The molecule has 0 aromatic rings. The predicted octanol–water partition coefficient (Wildman–Crippen LogP) is -0.944. The fourth-order valence-corrected chi connectivity index (χ4v) is 1.32. The molecule has 0 aliphatic heterocycles. The molecule has 7 heteroatoms. The average molecular weight is 231 g/mol. The molecule has 0 aromatic carbocycles. The molecule has 0 saturated heterocycles. The number of hydrogen-bond acceptors (Lipinski definition) is 5. The van der Waals surface area contributed by atoms with Crippen LogP contribution in [-0.4, -0.2) is 36.8 Å². The third kappa shape index (κ3) is 4.05. The minimum absolute atomic E-state index is 0.0335. The molecule has 1 rings (SSSR count). The topological polar surface area (TPSA) is 101 Å². The van der Waals surface area contributed by atoms with E-state index in [9.17, 15) is 18.0 Å². The van der Waals surface area contributed by atoms with Gasteiger partial charge in [0, 0.05) is 12.6 Å². The Morgan fingerprint density at radius 3 is 2.53 bits per heavy atom. The van der Waals surface area contributed by atoms with E-state index in [4.69, 9.17) is 4.55 Å². The monoisotopic (exact) mass is 231 g/mol. The zero-order chi connectivity index (χ0) is 11.5. The summed E-state index contributed by atoms with van der Waals surface area (Å²) in [5, 5.41) is 2.46. The summed E-state index contributed by atoms with van der Waals surface area (Å²) in [7, 11) is -4.06. The quantitative estimate of drug-likeness (QED) is 0.478. The maximum absolute atomic E-state index is 11.1. The van der Waals surface area contributed by atoms with Gasteiger partial charge in [-0.2, -0.15) is 8.42 Å². The molecule has 0 aromatic heterocycles. The summed E-state index contributed by atoms with van der Waals surface area (Å²) in [4.78, 5) is 22.0. The number of rotatable bonds is 4. The van der Waals surface area contributed by atoms with Gasteiger partial charge in [-0.15, -0.1) is 0 Å². The summed E-state index contributed by atoms with van der Waals surface area (Å²) in [6.07, 6.45) is 3.29. The Morgan fingerprint density at radius 2 is 1.93 bits per heavy atom. The van der Waals surface area contributed by atoms with E-state index >= 15 is 0 Å². The molecule has 1 aliphatic rings. The second-order valence-electron chi connectivity index (χ2n) is 2.87. The summed E-state index contributed by atoms with van der Waals surface area (Å²) >= 11 is 0. The molecule has 0 unspecified atom stereocenters. The Morgan fingerprint density at radius 1 is 1.27 bits per heavy atom. The molecule has 15 heavy (non-hydrogen) atoms. The SMILES string of the molecule is O=C1C=CC(=O)C(NCCS(=O)(=O)O)=C1. The minimum atomic E-state index is -4.06. The van der Waals surface area contributed by atoms with Crippen LogP contribution < -0.4 is 5.32 Å². The average Bonchev–Trinajstić information content (AvgIpc) is 2.09. The Balaban J connectivity index is 2.53. The van der Waals surface area contributed by atoms with Crippen LogP contribution in [-0.2, 0) is 19.7 Å². The van der Waals surface area contributed by atoms with Gasteiger partial charge >= 0.3 is 0 Å². The van der Waals surface area contributed by atoms with Crippen molar-refractivity contribution < 1.29 is 22.6 Å². The van der Waals surface area contributed by atoms with Crippen molar-refractivity contribution in [1.82, 2.24) is 5.32 Å². The van der Waals surface area contributed by atoms with Crippen LogP contribution in [0.3, 0.4) is 0 Å². The largest absolute Gasteiger partial charge is 0.381 e. The van der Waals surface area contributed by atoms with Gasteiger partial charge in [0.25, 0.3) is 10.1 Å². The van der Waals surface area contributed by atoms with E-state index in [1.54, 1.807) is 0 Å². The Bertz CT molecular complexity index is 446. The van der Waals surface area contributed by atoms with Crippen LogP contribution in [0.25, 0.3) is 0 Å². The fraction of sp³-hybridized carbons (Fsp3) is 0.250. The first-order valence-electron chi connectivity index (χ1n) is 4.05. The summed E-state index contributed by atoms with van der Waals surface area (Å²) in [6.45, 7) is -0.127. The first-order chi connectivity index (χ1) is 6.88. The number of nitrogens with one attached hydrogen (secondary N) is 1. The zero-order valence-electron chi connectivity index (χ0n) is 7.63. The van der Waals surface area contributed by atoms with Crippen LogP contribution >= 0.6 is 0 Å². The van der Waals surface area contributed by atoms with Gasteiger partial charge in [-0.1, -0.05) is 0 Å². The van der Waals surface area contributed by atoms with Gasteiger partial charge in [0.1, 0.15) is 0 Å². The van der Waals surface area contributed by atoms with E-state index in [2.05, 4.69) is 5.32 Å². The highest BCUT2D eigenvalue weighted by Crippen LogP contribution is 2.01. The first kappa shape index (κ1) is 11.6. The van der Waals surface area contributed by atoms with Gasteiger partial charge in [0.05, 0.1) is 11.4 Å². The number of ketones is 2. The zero-order valence-corrected chi connectivity index (χ0v) is 8.45. The van der Waals surface area contributed by atoms with Crippen LogP contribution in [0.1, 0.15) is 0 Å². The molecule has 0 heterocycles. The molecular weight excluding hydrogens is 222 g/mol. The summed E-state index contributed by atoms with van der Waals surface area (Å²) in [5.41, 5.74) is 0.0335. The molecule has 0 saturated carbocycles. The Kier molecular flexibility index (Phi) is 3.38. The fourth-order valence-electron chi connectivity index (χ4n) is 0.962. The van der Waals surface area contributed by atoms with Crippen molar-refractivity contribution >= 4 is 21.7 Å². The van der Waals surface area contributed by atoms with Crippen molar-refractivity contribution in [3.8, 4) is 0 Å². The number of hydrogen-bond donors (Lipinski definition) is 2. The van der Waals surface area contributed by atoms with Crippen molar-refractivity contribution in [2.75, 3.05) is 12.3 Å². The Hall–Kier alpha value is -1.47. The normalized spacial score (nSPS) is 16.5. The van der Waals surface area contributed by atoms with Crippen LogP contribution in [0.15, 0.2) is 23.9 Å². The van der Waals surface area contributed by atoms with Gasteiger partial charge < -0.3 is 5.32 Å². The van der Waals surface area contributed by atoms with E-state index in [-0.39, 0.29) is 18.0 Å². The minimum Gasteiger partial charge on any atom is -0.381 e. The van der Waals surface area contributed by atoms with Crippen molar-refractivity contribution in [3.05, 3.63) is 23.9 Å². The Labute approximate surface area is 86.4 Å². The highest BCUT2D eigenvalue weighted by atomic mass is 32.2. The highest BCUT2D eigenvalue weighted by Gasteiger charge is 2.13. The summed E-state index contributed by atoms with van der Waals surface area (Å²) in [5.74, 6) is -1.26. The first-order valence-corrected chi connectivity index (χ1v) is 5.66. The summed E-state index contributed by atoms with van der Waals surface area (Å²) in [6, 6.07) is 0. The molecule has 0 bridgehead atoms. The second-order valence-corrected chi connectivity index (χ2v) is 4.44. The highest BCUT2D eigenvalue weighted by molar-refractivity contribution is 7.85. The van der Waals surface area contributed by atoms with E-state index in [0.717, 1.165) is 18.2 Å². The van der Waals surface area contributed by atoms with E-state index in [1.807, 2.05) is 0 Å². The molecule has 0 spiro atoms. The third-order valence-corrected chi connectivity index (χ3v) is 2.35. The summed E-state index contributed by atoms with van der Waals surface area (Å²) < 4.78 is 29.1. The molecule has 0 fully saturated rings. The molecule has 1 aliphatic carbocycles. The lowest BCUT2D eigenvalue weighted by atomic mass is 10.1. The molecule has 0 amide bonds. The number of allylic oxidation sites excluding steroid dienone is 3. The molecule has 2 N–H and O–H groups in total. The predicted molar refractivity (Wildman–Crippen MR) is 51.7 cm³/mol. The van der Waals surface area contributed by atoms with Crippen LogP contribution in [0.4, 0.5) is 0 Å². The van der Waals surface area contributed by atoms with E-state index in [0.29, 0.717) is 0 Å². The number of carbonyl (C=O) groups is 2. The van der Waals surface area contributed by atoms with Crippen molar-refractivity contribution in [1.29, 1.82) is 0 Å².